The predicted molar refractivity (Wildman–Crippen MR) is 333 cm³/mol. The van der Waals surface area contributed by atoms with Gasteiger partial charge in [-0.1, -0.05) is 142 Å². The number of fused-ring (bicyclic) bond motifs is 10. The molecule has 5 aliphatic rings. The summed E-state index contributed by atoms with van der Waals surface area (Å²) in [6, 6.07) is 37.7. The number of allylic oxidation sites excluding steroid dienone is 2. The van der Waals surface area contributed by atoms with E-state index < -0.39 is 29.5 Å². The Labute approximate surface area is 492 Å². The van der Waals surface area contributed by atoms with Crippen molar-refractivity contribution in [3.63, 3.8) is 0 Å². The van der Waals surface area contributed by atoms with Gasteiger partial charge in [-0.25, -0.2) is 0 Å². The van der Waals surface area contributed by atoms with Crippen LogP contribution in [0.4, 0.5) is 5.69 Å². The minimum atomic E-state index is -0.675. The second-order valence-corrected chi connectivity index (χ2v) is 25.1. The van der Waals surface area contributed by atoms with Crippen molar-refractivity contribution >= 4 is 28.0 Å². The zero-order valence-corrected chi connectivity index (χ0v) is 49.0. The summed E-state index contributed by atoms with van der Waals surface area (Å²) in [6.45, 7) is 6.29. The molecule has 434 valence electrons. The number of ether oxygens (including phenoxy) is 1. The van der Waals surface area contributed by atoms with Crippen LogP contribution in [0, 0.1) is 41.4 Å². The quantitative estimate of drug-likeness (QED) is 0.0611. The maximum Gasteiger partial charge on any atom is 0.161 e. The Balaban J connectivity index is 1.04. The van der Waals surface area contributed by atoms with Crippen LogP contribution in [0.1, 0.15) is 154 Å². The van der Waals surface area contributed by atoms with Crippen LogP contribution < -0.4 is 20.7 Å². The topological polar surface area (TPSA) is 156 Å². The van der Waals surface area contributed by atoms with E-state index in [2.05, 4.69) is 132 Å². The normalized spacial score (nSPS) is 26.2. The number of rotatable bonds is 7. The number of methoxy groups -OCH3 is 1. The highest BCUT2D eigenvalue weighted by Crippen LogP contribution is 2.51. The molecule has 1 spiro atoms. The summed E-state index contributed by atoms with van der Waals surface area (Å²) in [7, 11) is 1.57. The standard InChI is InChI=1S/C73H86N4O6/c1-4-14-63-57-36-51(35-54-24-28-62(53-17-10-6-11-18-53)70-55(23-26-60(78)43-66(80)65(54)40-57)41-67(83-3)71(81)64(70)27-20-48-15-8-5-9-16-48)33-50-29-32-75-69(38-50)77-59-25-22-52-21-19-49(34-56(52)39-59)37-61(79)46-74-44-47(2)58-42-68(76-45-58)73(72(63)82)30-12-7-13-31-73/h5-6,8-11,15-19,21-22,25,29,34,38-39,41-42,45,47,51,54,57,61-63,65,72,74-77,79,81-82H,4,7,12-14,20,23,26-27,30-33,35-37,40,43-44,46H2,1-3H3. The van der Waals surface area contributed by atoms with Crippen LogP contribution in [0.3, 0.4) is 0 Å². The fraction of sp³-hybridized carbons (Fsp3) is 0.452. The summed E-state index contributed by atoms with van der Waals surface area (Å²) in [5.41, 5.74) is 9.77. The van der Waals surface area contributed by atoms with Gasteiger partial charge in [0.05, 0.1) is 31.7 Å². The molecule has 9 bridgehead atoms. The molecule has 2 aliphatic heterocycles. The van der Waals surface area contributed by atoms with Gasteiger partial charge in [0.15, 0.2) is 11.5 Å². The molecule has 11 rings (SSSR count). The summed E-state index contributed by atoms with van der Waals surface area (Å²) in [6.07, 6.45) is 17.0. The van der Waals surface area contributed by atoms with Crippen molar-refractivity contribution < 1.29 is 29.6 Å². The molecule has 0 saturated heterocycles. The van der Waals surface area contributed by atoms with Gasteiger partial charge in [0.25, 0.3) is 0 Å². The largest absolute Gasteiger partial charge is 0.504 e. The molecule has 0 amide bonds. The Morgan fingerprint density at radius 1 is 0.795 bits per heavy atom. The molecular formula is C73H86N4O6. The number of dihydropyridines is 1. The van der Waals surface area contributed by atoms with E-state index in [0.29, 0.717) is 63.9 Å². The zero-order valence-electron chi connectivity index (χ0n) is 49.0. The van der Waals surface area contributed by atoms with E-state index in [1.54, 1.807) is 7.11 Å². The van der Waals surface area contributed by atoms with Crippen LogP contribution in [0.25, 0.3) is 10.8 Å². The lowest BCUT2D eigenvalue weighted by atomic mass is 9.61. The lowest BCUT2D eigenvalue weighted by molar-refractivity contribution is -0.130. The van der Waals surface area contributed by atoms with Crippen molar-refractivity contribution in [2.45, 2.75) is 152 Å². The fourth-order valence-electron chi connectivity index (χ4n) is 15.2. The van der Waals surface area contributed by atoms with E-state index in [4.69, 9.17) is 4.74 Å². The van der Waals surface area contributed by atoms with Gasteiger partial charge in [0, 0.05) is 66.4 Å². The maximum absolute atomic E-state index is 15.4. The van der Waals surface area contributed by atoms with Gasteiger partial charge in [0.1, 0.15) is 17.4 Å². The van der Waals surface area contributed by atoms with E-state index in [-0.39, 0.29) is 59.7 Å². The number of aromatic amines is 1. The molecule has 9 atom stereocenters. The molecule has 3 heterocycles. The fourth-order valence-corrected chi connectivity index (χ4v) is 15.2. The second kappa shape index (κ2) is 26.3. The molecule has 5 aromatic carbocycles. The number of aliphatic hydroxyl groups excluding tert-OH is 2. The molecule has 2 fully saturated rings. The third-order valence-corrected chi connectivity index (χ3v) is 19.5. The summed E-state index contributed by atoms with van der Waals surface area (Å²) in [4.78, 5) is 33.8. The minimum Gasteiger partial charge on any atom is -0.504 e. The Morgan fingerprint density at radius 2 is 1.59 bits per heavy atom. The van der Waals surface area contributed by atoms with Crippen LogP contribution in [0.2, 0.25) is 0 Å². The third kappa shape index (κ3) is 13.2. The molecule has 9 unspecified atom stereocenters. The number of H-pyrrole nitrogens is 1. The molecule has 1 aromatic heterocycles. The summed E-state index contributed by atoms with van der Waals surface area (Å²) in [5.74, 6) is 7.79. The number of carbonyl (C=O) groups is 2. The minimum absolute atomic E-state index is 0.0259. The van der Waals surface area contributed by atoms with Crippen LogP contribution in [0.15, 0.2) is 139 Å². The van der Waals surface area contributed by atoms with E-state index in [1.807, 2.05) is 42.5 Å². The highest BCUT2D eigenvalue weighted by molar-refractivity contribution is 6.00. The number of nitrogens with one attached hydrogen (secondary N) is 4. The van der Waals surface area contributed by atoms with Gasteiger partial charge >= 0.3 is 0 Å². The lowest BCUT2D eigenvalue weighted by Gasteiger charge is -2.46. The molecule has 7 N–H and O–H groups in total. The maximum atomic E-state index is 15.4. The highest BCUT2D eigenvalue weighted by Gasteiger charge is 2.49. The molecule has 0 radical (unpaired) electrons. The smallest absolute Gasteiger partial charge is 0.161 e. The first-order valence-electron chi connectivity index (χ1n) is 31.2. The number of β-amino-alcohol motifs (C(OH)–C–C–N with tert-alkyl or cyclic N) is 1. The number of aromatic hydroxyl groups is 1. The van der Waals surface area contributed by atoms with E-state index in [0.717, 1.165) is 119 Å². The Kier molecular flexibility index (Phi) is 18.4. The van der Waals surface area contributed by atoms with Gasteiger partial charge in [-0.3, -0.25) is 9.59 Å². The van der Waals surface area contributed by atoms with Crippen LogP contribution in [-0.4, -0.2) is 70.8 Å². The number of phenolic OH excluding ortho intramolecular Hbond substituents is 1. The number of aryl methyl sites for hydroxylation is 2. The highest BCUT2D eigenvalue weighted by atomic mass is 16.5. The summed E-state index contributed by atoms with van der Waals surface area (Å²) in [5, 5.41) is 50.3. The Bertz CT molecular complexity index is 3360. The molecular weight excluding hydrogens is 1030 g/mol. The molecule has 2 saturated carbocycles. The monoisotopic (exact) mass is 1110 g/mol. The first-order valence-corrected chi connectivity index (χ1v) is 31.2. The van der Waals surface area contributed by atoms with Crippen molar-refractivity contribution in [1.29, 1.82) is 0 Å². The molecule has 6 aromatic rings. The van der Waals surface area contributed by atoms with E-state index in [1.165, 1.54) is 11.1 Å². The SMILES string of the molecule is CCCC1C2CC(CC3=CCNC(=C3)Nc3ccc4ccc(cc4c3)CC(O)CNCC(C)c3c[nH]c(c3)C3(CCCCC3)C1O)CC1C#CC(c3ccccc3)c3c(cc(OC)c(O)c3CCc3ccccc3)CCC(=O)CC(=O)C1C2. The third-order valence-electron chi connectivity index (χ3n) is 19.5. The van der Waals surface area contributed by atoms with Crippen molar-refractivity contribution in [2.75, 3.05) is 32.1 Å². The second-order valence-electron chi connectivity index (χ2n) is 25.1. The van der Waals surface area contributed by atoms with E-state index in [9.17, 15) is 20.1 Å². The van der Waals surface area contributed by atoms with Gasteiger partial charge in [-0.15, -0.1) is 0 Å². The molecule has 3 aliphatic carbocycles. The number of benzene rings is 5. The number of Topliss-reactive ketones (excluding diaryl/α,β-unsaturated/α-hetero) is 2. The van der Waals surface area contributed by atoms with E-state index >= 15 is 4.79 Å². The zero-order chi connectivity index (χ0) is 57.5. The number of ketones is 2. The van der Waals surface area contributed by atoms with Crippen molar-refractivity contribution in [2.24, 2.45) is 29.6 Å². The van der Waals surface area contributed by atoms with Gasteiger partial charge in [-0.2, -0.15) is 0 Å². The first-order chi connectivity index (χ1) is 40.4. The average Bonchev–Trinajstić information content (AvgIpc) is 4.15. The van der Waals surface area contributed by atoms with Crippen LogP contribution in [0.5, 0.6) is 11.5 Å². The number of hydrogen-bond donors (Lipinski definition) is 7. The number of phenols is 1. The molecule has 83 heavy (non-hydrogen) atoms. The molecule has 10 nitrogen and oxygen atoms in total. The number of aliphatic hydroxyl groups is 2. The number of carbonyl (C=O) groups excluding carboxylic acids is 2. The van der Waals surface area contributed by atoms with Gasteiger partial charge < -0.3 is 41.0 Å². The van der Waals surface area contributed by atoms with Crippen molar-refractivity contribution in [3.8, 4) is 23.3 Å². The predicted octanol–water partition coefficient (Wildman–Crippen LogP) is 13.1. The average molecular weight is 1120 g/mol. The van der Waals surface area contributed by atoms with Gasteiger partial charge in [-0.05, 0) is 174 Å². The summed E-state index contributed by atoms with van der Waals surface area (Å²) < 4.78 is 5.87. The Morgan fingerprint density at radius 3 is 2.39 bits per heavy atom. The first kappa shape index (κ1) is 57.9. The number of hydrogen-bond acceptors (Lipinski definition) is 9. The summed E-state index contributed by atoms with van der Waals surface area (Å²) >= 11 is 0. The van der Waals surface area contributed by atoms with Crippen LogP contribution >= 0.6 is 0 Å². The molecule has 10 heteroatoms. The number of aromatic nitrogens is 1. The Hall–Kier alpha value is -6.90. The lowest BCUT2D eigenvalue weighted by Crippen LogP contribution is -2.48. The van der Waals surface area contributed by atoms with Gasteiger partial charge in [0.2, 0.25) is 0 Å². The number of anilines is 1. The van der Waals surface area contributed by atoms with Crippen molar-refractivity contribution in [1.82, 2.24) is 15.6 Å². The van der Waals surface area contributed by atoms with Crippen LogP contribution in [-0.2, 0) is 40.7 Å². The van der Waals surface area contributed by atoms with Crippen molar-refractivity contribution in [3.05, 3.63) is 184 Å².